The number of ketones is 1. The second kappa shape index (κ2) is 10.1. The Labute approximate surface area is 228 Å². The predicted octanol–water partition coefficient (Wildman–Crippen LogP) is 4.21. The number of aromatic nitrogens is 4. The molecule has 10 heteroatoms. The maximum absolute atomic E-state index is 13.8. The van der Waals surface area contributed by atoms with Crippen molar-refractivity contribution in [2.24, 2.45) is 0 Å². The van der Waals surface area contributed by atoms with Crippen LogP contribution in [-0.4, -0.2) is 48.1 Å². The number of hydrogen-bond donors (Lipinski definition) is 1. The molecule has 5 aromatic rings. The van der Waals surface area contributed by atoms with Crippen LogP contribution in [0, 0.1) is 0 Å². The van der Waals surface area contributed by atoms with Crippen LogP contribution in [0.5, 0.6) is 0 Å². The second-order valence-electron chi connectivity index (χ2n) is 9.13. The number of fused-ring (bicyclic) bond motifs is 2. The van der Waals surface area contributed by atoms with Crippen molar-refractivity contribution in [2.45, 2.75) is 19.0 Å². The van der Waals surface area contributed by atoms with Gasteiger partial charge < -0.3 is 10.2 Å². The van der Waals surface area contributed by atoms with Gasteiger partial charge in [0.1, 0.15) is 12.4 Å². The van der Waals surface area contributed by atoms with Crippen molar-refractivity contribution in [2.75, 3.05) is 5.32 Å². The highest BCUT2D eigenvalue weighted by Crippen LogP contribution is 2.29. The number of carbonyl (C=O) groups excluding carboxylic acids is 3. The summed E-state index contributed by atoms with van der Waals surface area (Å²) >= 11 is 6.15. The van der Waals surface area contributed by atoms with E-state index >= 15 is 0 Å². The molecule has 2 amide bonds. The zero-order valence-electron chi connectivity index (χ0n) is 20.5. The standard InChI is InChI=1S/C29H21ClN6O3/c30-20-10-11-22-24(14-20)34-28(38)25(15-21-4-1-2-12-31-21)35(29(22)39)16-18-6-8-19(9-7-18)26(37)23-5-3-13-36-27(23)32-17-33-36/h1-14,17,25H,15-16H2,(H,34,38)/t25-/m1/s1. The molecular formula is C29H21ClN6O3. The average molecular weight is 537 g/mol. The van der Waals surface area contributed by atoms with Crippen LogP contribution in [0.3, 0.4) is 0 Å². The molecule has 2 aromatic carbocycles. The van der Waals surface area contributed by atoms with E-state index in [0.29, 0.717) is 38.7 Å². The number of nitrogens with one attached hydrogen (secondary N) is 1. The van der Waals surface area contributed by atoms with Gasteiger partial charge in [-0.25, -0.2) is 9.50 Å². The van der Waals surface area contributed by atoms with Gasteiger partial charge in [-0.3, -0.25) is 19.4 Å². The van der Waals surface area contributed by atoms with E-state index < -0.39 is 6.04 Å². The minimum atomic E-state index is -0.814. The van der Waals surface area contributed by atoms with Crippen molar-refractivity contribution in [3.8, 4) is 0 Å². The Kier molecular flexibility index (Phi) is 6.34. The molecule has 0 saturated carbocycles. The van der Waals surface area contributed by atoms with Crippen molar-refractivity contribution >= 4 is 40.5 Å². The van der Waals surface area contributed by atoms with Crippen molar-refractivity contribution in [1.82, 2.24) is 24.5 Å². The molecule has 0 spiro atoms. The summed E-state index contributed by atoms with van der Waals surface area (Å²) in [6.07, 6.45) is 5.01. The number of hydrogen-bond acceptors (Lipinski definition) is 6. The summed E-state index contributed by atoms with van der Waals surface area (Å²) in [6.45, 7) is 0.153. The Balaban J connectivity index is 1.31. The molecule has 3 aromatic heterocycles. The first-order chi connectivity index (χ1) is 19.0. The molecule has 0 fully saturated rings. The second-order valence-corrected chi connectivity index (χ2v) is 9.57. The zero-order valence-corrected chi connectivity index (χ0v) is 21.2. The molecule has 0 saturated heterocycles. The fourth-order valence-corrected chi connectivity index (χ4v) is 4.87. The lowest BCUT2D eigenvalue weighted by Gasteiger charge is -2.28. The summed E-state index contributed by atoms with van der Waals surface area (Å²) in [4.78, 5) is 50.4. The van der Waals surface area contributed by atoms with Crippen LogP contribution in [0.15, 0.2) is 91.5 Å². The summed E-state index contributed by atoms with van der Waals surface area (Å²) in [7, 11) is 0. The van der Waals surface area contributed by atoms with Crippen molar-refractivity contribution in [1.29, 1.82) is 0 Å². The zero-order chi connectivity index (χ0) is 26.9. The van der Waals surface area contributed by atoms with Gasteiger partial charge in [0.05, 0.1) is 16.8 Å². The fourth-order valence-electron chi connectivity index (χ4n) is 4.70. The summed E-state index contributed by atoms with van der Waals surface area (Å²) in [5.74, 6) is -0.827. The molecule has 0 unspecified atom stereocenters. The highest BCUT2D eigenvalue weighted by molar-refractivity contribution is 6.31. The van der Waals surface area contributed by atoms with Gasteiger partial charge in [-0.2, -0.15) is 5.10 Å². The number of anilines is 1. The predicted molar refractivity (Wildman–Crippen MR) is 145 cm³/mol. The van der Waals surface area contributed by atoms with Crippen molar-refractivity contribution < 1.29 is 14.4 Å². The molecule has 9 nitrogen and oxygen atoms in total. The lowest BCUT2D eigenvalue weighted by molar-refractivity contribution is -0.120. The molecule has 39 heavy (non-hydrogen) atoms. The van der Waals surface area contributed by atoms with E-state index in [1.54, 1.807) is 77.6 Å². The topological polar surface area (TPSA) is 110 Å². The van der Waals surface area contributed by atoms with Crippen molar-refractivity contribution in [3.05, 3.63) is 124 Å². The summed E-state index contributed by atoms with van der Waals surface area (Å²) in [6, 6.07) is 19.9. The number of nitrogens with zero attached hydrogens (tertiary/aromatic N) is 5. The van der Waals surface area contributed by atoms with Crippen LogP contribution in [0.4, 0.5) is 5.69 Å². The molecule has 1 atom stereocenters. The highest BCUT2D eigenvalue weighted by atomic mass is 35.5. The average Bonchev–Trinajstić information content (AvgIpc) is 3.41. The van der Waals surface area contributed by atoms with Gasteiger partial charge in [0.25, 0.3) is 5.91 Å². The molecule has 192 valence electrons. The molecule has 0 bridgehead atoms. The molecule has 0 radical (unpaired) electrons. The molecule has 0 aliphatic carbocycles. The number of pyridine rings is 2. The van der Waals surface area contributed by atoms with Gasteiger partial charge in [-0.1, -0.05) is 41.9 Å². The Morgan fingerprint density at radius 3 is 2.62 bits per heavy atom. The van der Waals surface area contributed by atoms with Gasteiger partial charge in [0.2, 0.25) is 5.91 Å². The Morgan fingerprint density at radius 1 is 0.974 bits per heavy atom. The molecule has 1 aliphatic rings. The maximum Gasteiger partial charge on any atom is 0.256 e. The number of benzene rings is 2. The summed E-state index contributed by atoms with van der Waals surface area (Å²) < 4.78 is 1.55. The van der Waals surface area contributed by atoms with Gasteiger partial charge in [-0.15, -0.1) is 0 Å². The summed E-state index contributed by atoms with van der Waals surface area (Å²) in [5, 5.41) is 7.36. The maximum atomic E-state index is 13.8. The molecule has 1 N–H and O–H groups in total. The van der Waals surface area contributed by atoms with E-state index in [1.807, 2.05) is 12.1 Å². The Bertz CT molecular complexity index is 1720. The smallest absolute Gasteiger partial charge is 0.256 e. The minimum absolute atomic E-state index is 0.153. The van der Waals surface area contributed by atoms with E-state index in [0.717, 1.165) is 5.56 Å². The van der Waals surface area contributed by atoms with E-state index in [-0.39, 0.29) is 30.6 Å². The molecule has 4 heterocycles. The van der Waals surface area contributed by atoms with Gasteiger partial charge in [0.15, 0.2) is 11.4 Å². The number of halogens is 1. The molecular weight excluding hydrogens is 516 g/mol. The first kappa shape index (κ1) is 24.4. The normalized spacial score (nSPS) is 15.1. The summed E-state index contributed by atoms with van der Waals surface area (Å²) in [5.41, 5.74) is 3.55. The Hall–Kier alpha value is -4.89. The van der Waals surface area contributed by atoms with E-state index in [1.165, 1.54) is 11.2 Å². The first-order valence-electron chi connectivity index (χ1n) is 12.2. The fraction of sp³-hybridized carbons (Fsp3) is 0.103. The van der Waals surface area contributed by atoms with Gasteiger partial charge in [-0.05, 0) is 48.0 Å². The van der Waals surface area contributed by atoms with Crippen LogP contribution in [0.1, 0.15) is 37.5 Å². The lowest BCUT2D eigenvalue weighted by Crippen LogP contribution is -2.46. The molecule has 1 aliphatic heterocycles. The quantitative estimate of drug-likeness (QED) is 0.325. The minimum Gasteiger partial charge on any atom is -0.323 e. The van der Waals surface area contributed by atoms with Gasteiger partial charge in [0, 0.05) is 41.6 Å². The van der Waals surface area contributed by atoms with Crippen LogP contribution in [0.2, 0.25) is 5.02 Å². The monoisotopic (exact) mass is 536 g/mol. The van der Waals surface area contributed by atoms with Crippen LogP contribution >= 0.6 is 11.6 Å². The van der Waals surface area contributed by atoms with E-state index in [9.17, 15) is 14.4 Å². The third-order valence-electron chi connectivity index (χ3n) is 6.66. The van der Waals surface area contributed by atoms with Crippen LogP contribution in [-0.2, 0) is 17.8 Å². The number of rotatable bonds is 6. The third kappa shape index (κ3) is 4.75. The number of amides is 2. The van der Waals surface area contributed by atoms with Gasteiger partial charge >= 0.3 is 0 Å². The van der Waals surface area contributed by atoms with E-state index in [2.05, 4.69) is 20.4 Å². The van der Waals surface area contributed by atoms with Crippen LogP contribution in [0.25, 0.3) is 5.65 Å². The number of carbonyl (C=O) groups is 3. The van der Waals surface area contributed by atoms with E-state index in [4.69, 9.17) is 11.6 Å². The third-order valence-corrected chi connectivity index (χ3v) is 6.89. The first-order valence-corrected chi connectivity index (χ1v) is 12.6. The van der Waals surface area contributed by atoms with Crippen molar-refractivity contribution in [3.63, 3.8) is 0 Å². The highest BCUT2D eigenvalue weighted by Gasteiger charge is 2.36. The van der Waals surface area contributed by atoms with Crippen LogP contribution < -0.4 is 5.32 Å². The molecule has 6 rings (SSSR count). The lowest BCUT2D eigenvalue weighted by atomic mass is 10.0. The largest absolute Gasteiger partial charge is 0.323 e. The SMILES string of the molecule is O=C(c1ccc(CN2C(=O)c3ccc(Cl)cc3NC(=O)[C@H]2Cc2ccccn2)cc1)c1cccn2ncnc12. The Morgan fingerprint density at radius 2 is 1.82 bits per heavy atom.